The van der Waals surface area contributed by atoms with Crippen LogP contribution >= 0.6 is 7.60 Å². The van der Waals surface area contributed by atoms with Crippen LogP contribution in [0.25, 0.3) is 11.1 Å². The van der Waals surface area contributed by atoms with Gasteiger partial charge in [0.1, 0.15) is 14.2 Å². The maximum Gasteiger partial charge on any atom is 1.00 e. The van der Waals surface area contributed by atoms with Crippen LogP contribution in [0.5, 0.6) is 0 Å². The molecule has 2 aromatic carbocycles. The summed E-state index contributed by atoms with van der Waals surface area (Å²) in [5, 5.41) is 1.19. The van der Waals surface area contributed by atoms with Crippen molar-refractivity contribution < 1.29 is 53.2 Å². The zero-order chi connectivity index (χ0) is 19.7. The number of nitrogens with zero attached hydrogens (tertiary/aromatic N) is 1. The van der Waals surface area contributed by atoms with Gasteiger partial charge in [0.15, 0.2) is 0 Å². The standard InChI is InChI=1S/C20H26NO5P.Na/c1-3-26-27(23,24)15-7-14-21(17(2)22)25-16-18-10-12-20(13-11-18)19-8-5-4-6-9-19;/h4-6,8-13H,3,7,14-16H2,1-2H3,(H,23,24);/q;+1/p-1. The second-order valence-corrected chi connectivity index (χ2v) is 7.99. The van der Waals surface area contributed by atoms with Crippen LogP contribution in [0.3, 0.4) is 0 Å². The van der Waals surface area contributed by atoms with E-state index in [4.69, 9.17) is 9.36 Å². The number of benzene rings is 2. The number of hydrogen-bond donors (Lipinski definition) is 0. The molecule has 1 atom stereocenters. The van der Waals surface area contributed by atoms with Crippen LogP contribution in [-0.2, 0) is 25.3 Å². The van der Waals surface area contributed by atoms with Gasteiger partial charge >= 0.3 is 29.6 Å². The van der Waals surface area contributed by atoms with Crippen LogP contribution in [-0.4, -0.2) is 30.3 Å². The number of amides is 1. The maximum atomic E-state index is 11.7. The fourth-order valence-corrected chi connectivity index (χ4v) is 3.61. The Hall–Kier alpha value is -0.980. The van der Waals surface area contributed by atoms with E-state index in [1.165, 1.54) is 12.0 Å². The summed E-state index contributed by atoms with van der Waals surface area (Å²) in [6.45, 7) is 3.55. The zero-order valence-electron chi connectivity index (χ0n) is 16.7. The molecule has 0 N–H and O–H groups in total. The largest absolute Gasteiger partial charge is 1.00 e. The summed E-state index contributed by atoms with van der Waals surface area (Å²) in [5.74, 6) is -0.270. The molecule has 1 amide bonds. The Morgan fingerprint density at radius 2 is 1.68 bits per heavy atom. The minimum Gasteiger partial charge on any atom is -0.778 e. The second kappa shape index (κ2) is 12.6. The predicted octanol–water partition coefficient (Wildman–Crippen LogP) is 0.618. The van der Waals surface area contributed by atoms with E-state index in [9.17, 15) is 14.3 Å². The van der Waals surface area contributed by atoms with Crippen LogP contribution < -0.4 is 34.5 Å². The van der Waals surface area contributed by atoms with Crippen LogP contribution in [0.15, 0.2) is 54.6 Å². The Kier molecular flexibility index (Phi) is 11.2. The third kappa shape index (κ3) is 8.58. The van der Waals surface area contributed by atoms with Gasteiger partial charge in [0.05, 0.1) is 6.61 Å². The fourth-order valence-electron chi connectivity index (χ4n) is 2.56. The summed E-state index contributed by atoms with van der Waals surface area (Å²) in [6.07, 6.45) is 0.132. The molecule has 0 saturated heterocycles. The normalized spacial score (nSPS) is 12.7. The molecule has 0 saturated carbocycles. The van der Waals surface area contributed by atoms with Crippen molar-refractivity contribution in [3.63, 3.8) is 0 Å². The van der Waals surface area contributed by atoms with E-state index < -0.39 is 7.60 Å². The number of rotatable bonds is 10. The molecule has 28 heavy (non-hydrogen) atoms. The number of hydroxylamine groups is 2. The molecule has 0 aliphatic rings. The van der Waals surface area contributed by atoms with Gasteiger partial charge in [-0.05, 0) is 30.0 Å². The van der Waals surface area contributed by atoms with E-state index in [1.807, 2.05) is 54.6 Å². The topological polar surface area (TPSA) is 78.9 Å². The first kappa shape index (κ1) is 25.1. The molecule has 0 aliphatic carbocycles. The van der Waals surface area contributed by atoms with Gasteiger partial charge in [-0.2, -0.15) is 0 Å². The first-order valence-corrected chi connectivity index (χ1v) is 10.6. The van der Waals surface area contributed by atoms with E-state index in [2.05, 4.69) is 0 Å². The molecular weight excluding hydrogens is 388 g/mol. The molecule has 0 aromatic heterocycles. The van der Waals surface area contributed by atoms with Gasteiger partial charge in [-0.1, -0.05) is 54.6 Å². The first-order chi connectivity index (χ1) is 12.9. The van der Waals surface area contributed by atoms with Gasteiger partial charge in [-0.15, -0.1) is 0 Å². The molecule has 0 spiro atoms. The Bertz CT molecular complexity index is 770. The average molecular weight is 413 g/mol. The molecule has 0 bridgehead atoms. The van der Waals surface area contributed by atoms with Gasteiger partial charge in [0.2, 0.25) is 5.91 Å². The molecule has 146 valence electrons. The Balaban J connectivity index is 0.00000392. The molecule has 2 rings (SSSR count). The van der Waals surface area contributed by atoms with Crippen molar-refractivity contribution in [2.45, 2.75) is 26.9 Å². The molecule has 0 aliphatic heterocycles. The predicted molar refractivity (Wildman–Crippen MR) is 103 cm³/mol. The summed E-state index contributed by atoms with van der Waals surface area (Å²) in [6, 6.07) is 17.9. The quantitative estimate of drug-likeness (QED) is 0.324. The molecule has 1 unspecified atom stereocenters. The summed E-state index contributed by atoms with van der Waals surface area (Å²) >= 11 is 0. The van der Waals surface area contributed by atoms with Crippen LogP contribution in [0.2, 0.25) is 0 Å². The zero-order valence-corrected chi connectivity index (χ0v) is 19.6. The second-order valence-electron chi connectivity index (χ2n) is 6.06. The minimum absolute atomic E-state index is 0. The number of hydrogen-bond acceptors (Lipinski definition) is 5. The summed E-state index contributed by atoms with van der Waals surface area (Å²) in [7, 11) is -3.83. The van der Waals surface area contributed by atoms with Crippen molar-refractivity contribution in [1.29, 1.82) is 0 Å². The summed E-state index contributed by atoms with van der Waals surface area (Å²) in [5.41, 5.74) is 3.15. The van der Waals surface area contributed by atoms with Crippen molar-refractivity contribution in [3.05, 3.63) is 60.2 Å². The monoisotopic (exact) mass is 413 g/mol. The molecular formula is C20H25NNaO5P. The molecule has 0 radical (unpaired) electrons. The number of carbonyl (C=O) groups is 1. The number of carbonyl (C=O) groups excluding carboxylic acids is 1. The molecule has 2 aromatic rings. The molecule has 8 heteroatoms. The Morgan fingerprint density at radius 3 is 2.25 bits per heavy atom. The van der Waals surface area contributed by atoms with E-state index in [-0.39, 0.29) is 67.8 Å². The Labute approximate surface area is 188 Å². The summed E-state index contributed by atoms with van der Waals surface area (Å²) in [4.78, 5) is 28.8. The van der Waals surface area contributed by atoms with Crippen molar-refractivity contribution in [2.24, 2.45) is 0 Å². The fraction of sp³-hybridized carbons (Fsp3) is 0.350. The smallest absolute Gasteiger partial charge is 0.778 e. The Morgan fingerprint density at radius 1 is 1.07 bits per heavy atom. The maximum absolute atomic E-state index is 11.7. The van der Waals surface area contributed by atoms with Gasteiger partial charge < -0.3 is 14.0 Å². The molecule has 0 heterocycles. The van der Waals surface area contributed by atoms with E-state index >= 15 is 0 Å². The third-order valence-corrected chi connectivity index (χ3v) is 5.43. The van der Waals surface area contributed by atoms with Gasteiger partial charge in [-0.3, -0.25) is 9.63 Å². The van der Waals surface area contributed by atoms with Crippen LogP contribution in [0.1, 0.15) is 25.8 Å². The third-order valence-electron chi connectivity index (χ3n) is 3.92. The van der Waals surface area contributed by atoms with E-state index in [0.717, 1.165) is 16.7 Å². The van der Waals surface area contributed by atoms with Gasteiger partial charge in [0.25, 0.3) is 0 Å². The first-order valence-electron chi connectivity index (χ1n) is 8.91. The molecule has 0 fully saturated rings. The van der Waals surface area contributed by atoms with Crippen molar-refractivity contribution in [3.8, 4) is 11.1 Å². The van der Waals surface area contributed by atoms with Crippen molar-refractivity contribution in [2.75, 3.05) is 19.3 Å². The van der Waals surface area contributed by atoms with Crippen LogP contribution in [0.4, 0.5) is 0 Å². The average Bonchev–Trinajstić information content (AvgIpc) is 2.65. The molecule has 6 nitrogen and oxygen atoms in total. The van der Waals surface area contributed by atoms with Crippen LogP contribution in [0, 0.1) is 0 Å². The van der Waals surface area contributed by atoms with E-state index in [1.54, 1.807) is 6.92 Å². The minimum atomic E-state index is -3.83. The van der Waals surface area contributed by atoms with Crippen molar-refractivity contribution in [1.82, 2.24) is 5.06 Å². The SMILES string of the molecule is CCOP(=O)([O-])CCCN(OCc1ccc(-c2ccccc2)cc1)C(C)=O.[Na+]. The van der Waals surface area contributed by atoms with Gasteiger partial charge in [-0.25, -0.2) is 5.06 Å². The van der Waals surface area contributed by atoms with Crippen molar-refractivity contribution >= 4 is 13.5 Å². The van der Waals surface area contributed by atoms with E-state index in [0.29, 0.717) is 0 Å². The van der Waals surface area contributed by atoms with Gasteiger partial charge in [0, 0.05) is 19.6 Å². The summed E-state index contributed by atoms with van der Waals surface area (Å²) < 4.78 is 16.3.